The molecule has 2 aliphatic rings. The minimum atomic E-state index is -1.71. The smallest absolute Gasteiger partial charge is 0.306 e. The molecule has 11 atom stereocenters. The van der Waals surface area contributed by atoms with Gasteiger partial charge in [-0.05, 0) is 57.8 Å². The summed E-state index contributed by atoms with van der Waals surface area (Å²) in [6, 6.07) is 0. The molecular formula is C60H106O14. The van der Waals surface area contributed by atoms with Crippen molar-refractivity contribution in [2.24, 2.45) is 0 Å². The summed E-state index contributed by atoms with van der Waals surface area (Å²) in [6.07, 6.45) is 41.4. The molecule has 0 spiro atoms. The van der Waals surface area contributed by atoms with Gasteiger partial charge in [0.25, 0.3) is 0 Å². The lowest BCUT2D eigenvalue weighted by molar-refractivity contribution is -0.332. The number of rotatable bonds is 47. The van der Waals surface area contributed by atoms with Crippen LogP contribution in [0.1, 0.15) is 213 Å². The number of esters is 1. The second-order valence-corrected chi connectivity index (χ2v) is 20.4. The van der Waals surface area contributed by atoms with E-state index in [4.69, 9.17) is 28.4 Å². The van der Waals surface area contributed by atoms with Crippen LogP contribution in [-0.2, 0) is 33.2 Å². The van der Waals surface area contributed by atoms with Crippen molar-refractivity contribution in [1.29, 1.82) is 0 Å². The fourth-order valence-corrected chi connectivity index (χ4v) is 9.08. The van der Waals surface area contributed by atoms with Gasteiger partial charge in [-0.1, -0.05) is 209 Å². The molecule has 14 nitrogen and oxygen atoms in total. The van der Waals surface area contributed by atoms with Crippen molar-refractivity contribution >= 4 is 5.97 Å². The Morgan fingerprint density at radius 3 is 1.36 bits per heavy atom. The van der Waals surface area contributed by atoms with Gasteiger partial charge in [-0.25, -0.2) is 0 Å². The molecule has 2 saturated heterocycles. The van der Waals surface area contributed by atoms with Crippen LogP contribution in [0.3, 0.4) is 0 Å². The number of aliphatic hydroxyl groups excluding tert-OH is 7. The number of aliphatic hydroxyl groups is 7. The molecule has 0 aromatic rings. The van der Waals surface area contributed by atoms with Crippen LogP contribution >= 0.6 is 0 Å². The average Bonchev–Trinajstić information content (AvgIpc) is 3.40. The summed E-state index contributed by atoms with van der Waals surface area (Å²) in [6.45, 7) is 3.56. The molecule has 2 aliphatic heterocycles. The van der Waals surface area contributed by atoms with Crippen LogP contribution in [0.5, 0.6) is 0 Å². The van der Waals surface area contributed by atoms with Crippen LogP contribution in [0.2, 0.25) is 0 Å². The fourth-order valence-electron chi connectivity index (χ4n) is 9.08. The van der Waals surface area contributed by atoms with Crippen molar-refractivity contribution in [3.8, 4) is 0 Å². The highest BCUT2D eigenvalue weighted by atomic mass is 16.7. The molecule has 0 aromatic heterocycles. The SMILES string of the molecule is CC/C=C\C/C=C\C/C=C\C/C=C\C/C=C\CCCCCC(=O)OC(COCCCCCCCCCCCCCCCCCCCCCCC)COC1OC(COC2OC(CO)C(O)C(O)C2O)C(O)C(O)C1O. The highest BCUT2D eigenvalue weighted by Crippen LogP contribution is 2.27. The van der Waals surface area contributed by atoms with E-state index in [2.05, 4.69) is 74.6 Å². The molecule has 0 amide bonds. The molecule has 2 rings (SSSR count). The second kappa shape index (κ2) is 46.8. The monoisotopic (exact) mass is 1050 g/mol. The molecule has 0 bridgehead atoms. The molecule has 0 aliphatic carbocycles. The lowest BCUT2D eigenvalue weighted by Gasteiger charge is -2.42. The number of ether oxygens (including phenoxy) is 6. The Morgan fingerprint density at radius 2 is 0.878 bits per heavy atom. The van der Waals surface area contributed by atoms with E-state index in [1.165, 1.54) is 116 Å². The minimum absolute atomic E-state index is 0.0483. The van der Waals surface area contributed by atoms with Crippen molar-refractivity contribution in [3.05, 3.63) is 60.8 Å². The number of carbonyl (C=O) groups is 1. The third-order valence-corrected chi connectivity index (χ3v) is 13.8. The zero-order valence-corrected chi connectivity index (χ0v) is 46.1. The lowest BCUT2D eigenvalue weighted by atomic mass is 9.98. The molecule has 2 heterocycles. The zero-order valence-electron chi connectivity index (χ0n) is 46.1. The van der Waals surface area contributed by atoms with E-state index in [0.29, 0.717) is 13.0 Å². The van der Waals surface area contributed by atoms with Gasteiger partial charge >= 0.3 is 5.97 Å². The first kappa shape index (κ1) is 67.8. The number of hydrogen-bond acceptors (Lipinski definition) is 14. The molecule has 7 N–H and O–H groups in total. The van der Waals surface area contributed by atoms with Gasteiger partial charge < -0.3 is 64.2 Å². The van der Waals surface area contributed by atoms with Crippen LogP contribution in [0.15, 0.2) is 60.8 Å². The van der Waals surface area contributed by atoms with Gasteiger partial charge in [-0.3, -0.25) is 4.79 Å². The van der Waals surface area contributed by atoms with Crippen LogP contribution < -0.4 is 0 Å². The topological polar surface area (TPSA) is 214 Å². The molecule has 11 unspecified atom stereocenters. The van der Waals surface area contributed by atoms with Crippen molar-refractivity contribution < 1.29 is 69.0 Å². The first-order valence-electron chi connectivity index (χ1n) is 29.4. The average molecular weight is 1050 g/mol. The van der Waals surface area contributed by atoms with Gasteiger partial charge in [0.05, 0.1) is 26.4 Å². The quantitative estimate of drug-likeness (QED) is 0.0172. The highest BCUT2D eigenvalue weighted by Gasteiger charge is 2.47. The van der Waals surface area contributed by atoms with Gasteiger partial charge in [0.2, 0.25) is 0 Å². The molecule has 74 heavy (non-hydrogen) atoms. The molecular weight excluding hydrogens is 945 g/mol. The van der Waals surface area contributed by atoms with Crippen molar-refractivity contribution in [3.63, 3.8) is 0 Å². The Labute approximate surface area is 447 Å². The molecule has 0 saturated carbocycles. The number of hydrogen-bond donors (Lipinski definition) is 7. The van der Waals surface area contributed by atoms with Gasteiger partial charge in [0.1, 0.15) is 54.9 Å². The van der Waals surface area contributed by atoms with Crippen molar-refractivity contribution in [2.75, 3.05) is 33.0 Å². The molecule has 0 aromatic carbocycles. The predicted octanol–water partition coefficient (Wildman–Crippen LogP) is 10.5. The number of carbonyl (C=O) groups excluding carboxylic acids is 1. The summed E-state index contributed by atoms with van der Waals surface area (Å²) in [5.41, 5.74) is 0. The Kier molecular flexibility index (Phi) is 42.8. The van der Waals surface area contributed by atoms with Gasteiger partial charge in [-0.2, -0.15) is 0 Å². The van der Waals surface area contributed by atoms with E-state index in [1.807, 2.05) is 0 Å². The standard InChI is InChI=1S/C60H106O14/c1-3-5-7-9-11-13-15-17-19-21-23-24-26-28-30-32-34-36-38-40-42-44-69-46-49(72-52(62)43-41-39-37-35-33-31-29-27-25-22-20-18-16-14-12-10-8-6-4-2)47-70-59-58(68)56(66)54(64)51(74-59)48-71-60-57(67)55(65)53(63)50(45-61)73-60/h6,8,12,14,18,20,25,27,31,33,49-51,53-61,63-68H,3-5,7,9-11,13,15-17,19,21-24,26,28-30,32,34-48H2,1-2H3/b8-6-,14-12-,20-18-,27-25-,33-31-. The first-order valence-corrected chi connectivity index (χ1v) is 29.4. The maximum absolute atomic E-state index is 13.1. The predicted molar refractivity (Wildman–Crippen MR) is 293 cm³/mol. The van der Waals surface area contributed by atoms with E-state index in [1.54, 1.807) is 0 Å². The van der Waals surface area contributed by atoms with E-state index in [9.17, 15) is 40.5 Å². The van der Waals surface area contributed by atoms with Crippen LogP contribution in [0, 0.1) is 0 Å². The van der Waals surface area contributed by atoms with E-state index in [-0.39, 0.29) is 19.6 Å². The normalized spacial score (nSPS) is 25.2. The summed E-state index contributed by atoms with van der Waals surface area (Å²) in [5.74, 6) is -0.405. The summed E-state index contributed by atoms with van der Waals surface area (Å²) in [5, 5.41) is 72.3. The van der Waals surface area contributed by atoms with E-state index >= 15 is 0 Å². The minimum Gasteiger partial charge on any atom is -0.457 e. The zero-order chi connectivity index (χ0) is 53.7. The molecule has 14 heteroatoms. The largest absolute Gasteiger partial charge is 0.457 e. The molecule has 430 valence electrons. The fraction of sp³-hybridized carbons (Fsp3) is 0.817. The molecule has 2 fully saturated rings. The third kappa shape index (κ3) is 33.1. The Hall–Kier alpha value is -2.31. The van der Waals surface area contributed by atoms with E-state index in [0.717, 1.165) is 70.6 Å². The maximum Gasteiger partial charge on any atom is 0.306 e. The Bertz CT molecular complexity index is 1450. The lowest BCUT2D eigenvalue weighted by Crippen LogP contribution is -2.61. The van der Waals surface area contributed by atoms with Crippen molar-refractivity contribution in [1.82, 2.24) is 0 Å². The summed E-state index contributed by atoms with van der Waals surface area (Å²) >= 11 is 0. The van der Waals surface area contributed by atoms with Gasteiger partial charge in [0.15, 0.2) is 12.6 Å². The second-order valence-electron chi connectivity index (χ2n) is 20.4. The summed E-state index contributed by atoms with van der Waals surface area (Å²) in [7, 11) is 0. The van der Waals surface area contributed by atoms with Crippen molar-refractivity contribution in [2.45, 2.75) is 280 Å². The number of unbranched alkanes of at least 4 members (excludes halogenated alkanes) is 23. The molecule has 0 radical (unpaired) electrons. The summed E-state index contributed by atoms with van der Waals surface area (Å²) in [4.78, 5) is 13.1. The number of allylic oxidation sites excluding steroid dienone is 10. The highest BCUT2D eigenvalue weighted by molar-refractivity contribution is 5.69. The van der Waals surface area contributed by atoms with Gasteiger partial charge in [0, 0.05) is 13.0 Å². The van der Waals surface area contributed by atoms with Crippen LogP contribution in [0.4, 0.5) is 0 Å². The third-order valence-electron chi connectivity index (χ3n) is 13.8. The van der Waals surface area contributed by atoms with Gasteiger partial charge in [-0.15, -0.1) is 0 Å². The Morgan fingerprint density at radius 1 is 0.459 bits per heavy atom. The van der Waals surface area contributed by atoms with Crippen LogP contribution in [-0.4, -0.2) is 142 Å². The summed E-state index contributed by atoms with van der Waals surface area (Å²) < 4.78 is 34.4. The maximum atomic E-state index is 13.1. The first-order chi connectivity index (χ1) is 36.1. The van der Waals surface area contributed by atoms with Crippen LogP contribution in [0.25, 0.3) is 0 Å². The van der Waals surface area contributed by atoms with E-state index < -0.39 is 86.7 Å². The Balaban J connectivity index is 1.73.